The lowest BCUT2D eigenvalue weighted by Crippen LogP contribution is -2.56. The second-order valence-electron chi connectivity index (χ2n) is 7.76. The number of likely N-dealkylation sites (tertiary alicyclic amines) is 1. The molecule has 1 fully saturated rings. The van der Waals surface area contributed by atoms with Crippen LogP contribution in [0.3, 0.4) is 0 Å². The van der Waals surface area contributed by atoms with Crippen molar-refractivity contribution in [3.63, 3.8) is 0 Å². The summed E-state index contributed by atoms with van der Waals surface area (Å²) in [5.74, 6) is -0.0392. The standard InChI is InChI=1S/C23H29NO2/c1-17(2)24-16-18(3)23(15-19(24)4,21-13-9-6-10-14-21)26-22(25)20-11-7-5-8-12-20/h5-14,17-19H,15-16H2,1-4H3/t18-,19-,23-/m0/s1. The summed E-state index contributed by atoms with van der Waals surface area (Å²) in [5.41, 5.74) is 1.10. The Kier molecular flexibility index (Phi) is 5.47. The second kappa shape index (κ2) is 7.63. The van der Waals surface area contributed by atoms with E-state index < -0.39 is 5.60 Å². The third kappa shape index (κ3) is 3.54. The monoisotopic (exact) mass is 351 g/mol. The third-order valence-electron chi connectivity index (χ3n) is 5.66. The first-order valence-corrected chi connectivity index (χ1v) is 9.53. The van der Waals surface area contributed by atoms with Crippen molar-refractivity contribution < 1.29 is 9.53 Å². The molecule has 138 valence electrons. The van der Waals surface area contributed by atoms with Gasteiger partial charge in [-0.05, 0) is 38.5 Å². The molecule has 3 nitrogen and oxygen atoms in total. The molecule has 0 bridgehead atoms. The van der Waals surface area contributed by atoms with Crippen molar-refractivity contribution in [1.29, 1.82) is 0 Å². The molecule has 3 heteroatoms. The lowest BCUT2D eigenvalue weighted by molar-refractivity contribution is -0.109. The molecule has 0 aliphatic carbocycles. The highest BCUT2D eigenvalue weighted by atomic mass is 16.6. The van der Waals surface area contributed by atoms with E-state index in [0.717, 1.165) is 18.5 Å². The molecule has 1 saturated heterocycles. The summed E-state index contributed by atoms with van der Waals surface area (Å²) in [5, 5.41) is 0. The molecule has 1 aliphatic rings. The molecule has 2 aromatic rings. The molecule has 26 heavy (non-hydrogen) atoms. The lowest BCUT2D eigenvalue weighted by Gasteiger charge is -2.50. The fourth-order valence-corrected chi connectivity index (χ4v) is 4.24. The number of piperidine rings is 1. The lowest BCUT2D eigenvalue weighted by atomic mass is 9.73. The van der Waals surface area contributed by atoms with Crippen molar-refractivity contribution in [1.82, 2.24) is 4.90 Å². The first kappa shape index (κ1) is 18.7. The highest BCUT2D eigenvalue weighted by Crippen LogP contribution is 2.44. The summed E-state index contributed by atoms with van der Waals surface area (Å²) in [6.45, 7) is 9.81. The van der Waals surface area contributed by atoms with Crippen molar-refractivity contribution in [3.8, 4) is 0 Å². The average Bonchev–Trinajstić information content (AvgIpc) is 2.65. The Labute approximate surface area is 157 Å². The summed E-state index contributed by atoms with van der Waals surface area (Å²) in [6.07, 6.45) is 0.801. The van der Waals surface area contributed by atoms with Gasteiger partial charge in [-0.2, -0.15) is 0 Å². The fraction of sp³-hybridized carbons (Fsp3) is 0.435. The van der Waals surface area contributed by atoms with Gasteiger partial charge in [-0.15, -0.1) is 0 Å². The van der Waals surface area contributed by atoms with Crippen LogP contribution in [0.1, 0.15) is 50.0 Å². The van der Waals surface area contributed by atoms with Crippen LogP contribution in [-0.4, -0.2) is 29.5 Å². The van der Waals surface area contributed by atoms with E-state index in [0.29, 0.717) is 17.6 Å². The first-order valence-electron chi connectivity index (χ1n) is 9.53. The zero-order valence-corrected chi connectivity index (χ0v) is 16.2. The number of hydrogen-bond acceptors (Lipinski definition) is 3. The van der Waals surface area contributed by atoms with Gasteiger partial charge >= 0.3 is 5.97 Å². The van der Waals surface area contributed by atoms with Crippen LogP contribution in [-0.2, 0) is 10.3 Å². The van der Waals surface area contributed by atoms with E-state index in [2.05, 4.69) is 44.7 Å². The van der Waals surface area contributed by atoms with Crippen molar-refractivity contribution in [2.45, 2.75) is 51.8 Å². The summed E-state index contributed by atoms with van der Waals surface area (Å²) in [6, 6.07) is 20.4. The van der Waals surface area contributed by atoms with E-state index in [9.17, 15) is 4.79 Å². The Balaban J connectivity index is 1.97. The van der Waals surface area contributed by atoms with Gasteiger partial charge in [0.15, 0.2) is 0 Å². The molecule has 3 rings (SSSR count). The van der Waals surface area contributed by atoms with Crippen LogP contribution in [0.15, 0.2) is 60.7 Å². The number of esters is 1. The molecular weight excluding hydrogens is 322 g/mol. The average molecular weight is 351 g/mol. The normalized spacial score (nSPS) is 26.7. The number of rotatable bonds is 4. The van der Waals surface area contributed by atoms with Gasteiger partial charge in [-0.25, -0.2) is 4.79 Å². The van der Waals surface area contributed by atoms with Gasteiger partial charge in [0.2, 0.25) is 0 Å². The predicted molar refractivity (Wildman–Crippen MR) is 105 cm³/mol. The van der Waals surface area contributed by atoms with E-state index in [1.165, 1.54) is 0 Å². The zero-order chi connectivity index (χ0) is 18.7. The van der Waals surface area contributed by atoms with E-state index in [1.807, 2.05) is 48.5 Å². The highest BCUT2D eigenvalue weighted by molar-refractivity contribution is 5.89. The van der Waals surface area contributed by atoms with Crippen molar-refractivity contribution in [3.05, 3.63) is 71.8 Å². The number of nitrogens with zero attached hydrogens (tertiary/aromatic N) is 1. The number of carbonyl (C=O) groups excluding carboxylic acids is 1. The van der Waals surface area contributed by atoms with Gasteiger partial charge < -0.3 is 4.74 Å². The SMILES string of the molecule is CC(C)N1C[C@H](C)[C@](OC(=O)c2ccccc2)(c2ccccc2)C[C@@H]1C. The molecule has 0 amide bonds. The second-order valence-corrected chi connectivity index (χ2v) is 7.76. The van der Waals surface area contributed by atoms with Crippen LogP contribution in [0.5, 0.6) is 0 Å². The summed E-state index contributed by atoms with van der Waals surface area (Å²) in [4.78, 5) is 15.4. The molecule has 3 atom stereocenters. The maximum absolute atomic E-state index is 12.9. The number of benzene rings is 2. The molecule has 0 unspecified atom stereocenters. The van der Waals surface area contributed by atoms with Crippen molar-refractivity contribution in [2.75, 3.05) is 6.54 Å². The van der Waals surface area contributed by atoms with Crippen LogP contribution >= 0.6 is 0 Å². The molecule has 0 spiro atoms. The molecule has 0 aromatic heterocycles. The predicted octanol–water partition coefficient (Wildman–Crippen LogP) is 4.88. The van der Waals surface area contributed by atoms with Crippen LogP contribution in [0.4, 0.5) is 0 Å². The Hall–Kier alpha value is -2.13. The van der Waals surface area contributed by atoms with Crippen LogP contribution in [0.2, 0.25) is 0 Å². The van der Waals surface area contributed by atoms with Gasteiger partial charge in [0.05, 0.1) is 5.56 Å². The number of ether oxygens (including phenoxy) is 1. The summed E-state index contributed by atoms with van der Waals surface area (Å²) < 4.78 is 6.30. The van der Waals surface area contributed by atoms with Crippen LogP contribution in [0.25, 0.3) is 0 Å². The Morgan fingerprint density at radius 2 is 1.62 bits per heavy atom. The number of hydrogen-bond donors (Lipinski definition) is 0. The minimum Gasteiger partial charge on any atom is -0.450 e. The third-order valence-corrected chi connectivity index (χ3v) is 5.66. The van der Waals surface area contributed by atoms with Crippen LogP contribution in [0, 0.1) is 5.92 Å². The van der Waals surface area contributed by atoms with E-state index >= 15 is 0 Å². The van der Waals surface area contributed by atoms with Gasteiger partial charge in [0, 0.05) is 31.0 Å². The minimum absolute atomic E-state index is 0.205. The van der Waals surface area contributed by atoms with E-state index in [4.69, 9.17) is 4.74 Å². The summed E-state index contributed by atoms with van der Waals surface area (Å²) >= 11 is 0. The molecular formula is C23H29NO2. The summed E-state index contributed by atoms with van der Waals surface area (Å²) in [7, 11) is 0. The fourth-order valence-electron chi connectivity index (χ4n) is 4.24. The molecule has 2 aromatic carbocycles. The van der Waals surface area contributed by atoms with Gasteiger partial charge in [-0.1, -0.05) is 55.5 Å². The van der Waals surface area contributed by atoms with Crippen LogP contribution < -0.4 is 0 Å². The molecule has 1 heterocycles. The number of carbonyl (C=O) groups is 1. The highest BCUT2D eigenvalue weighted by Gasteiger charge is 2.48. The van der Waals surface area contributed by atoms with Gasteiger partial charge in [0.25, 0.3) is 0 Å². The van der Waals surface area contributed by atoms with Gasteiger partial charge in [0.1, 0.15) is 5.60 Å². The van der Waals surface area contributed by atoms with Crippen molar-refractivity contribution in [2.24, 2.45) is 5.92 Å². The zero-order valence-electron chi connectivity index (χ0n) is 16.2. The molecule has 0 saturated carbocycles. The van der Waals surface area contributed by atoms with E-state index in [-0.39, 0.29) is 11.9 Å². The first-order chi connectivity index (χ1) is 12.4. The maximum atomic E-state index is 12.9. The minimum atomic E-state index is -0.598. The Morgan fingerprint density at radius 1 is 1.04 bits per heavy atom. The maximum Gasteiger partial charge on any atom is 0.339 e. The largest absolute Gasteiger partial charge is 0.450 e. The molecule has 0 N–H and O–H groups in total. The van der Waals surface area contributed by atoms with Gasteiger partial charge in [-0.3, -0.25) is 4.90 Å². The smallest absolute Gasteiger partial charge is 0.339 e. The Morgan fingerprint density at radius 3 is 2.19 bits per heavy atom. The molecule has 0 radical (unpaired) electrons. The Bertz CT molecular complexity index is 728. The topological polar surface area (TPSA) is 29.5 Å². The quantitative estimate of drug-likeness (QED) is 0.736. The van der Waals surface area contributed by atoms with E-state index in [1.54, 1.807) is 0 Å². The van der Waals surface area contributed by atoms with Crippen molar-refractivity contribution >= 4 is 5.97 Å². The molecule has 1 aliphatic heterocycles.